The first kappa shape index (κ1) is 15.0. The van der Waals surface area contributed by atoms with E-state index in [1.165, 1.54) is 42.5 Å². The summed E-state index contributed by atoms with van der Waals surface area (Å²) in [5, 5.41) is 6.26. The van der Waals surface area contributed by atoms with Crippen LogP contribution in [0.5, 0.6) is 0 Å². The van der Waals surface area contributed by atoms with Gasteiger partial charge in [0.25, 0.3) is 0 Å². The summed E-state index contributed by atoms with van der Waals surface area (Å²) in [6, 6.07) is 13.0. The van der Waals surface area contributed by atoms with E-state index in [0.717, 1.165) is 0 Å². The Balaban J connectivity index is 1.85. The van der Waals surface area contributed by atoms with Crippen molar-refractivity contribution in [2.45, 2.75) is 6.18 Å². The molecule has 23 heavy (non-hydrogen) atoms. The zero-order valence-corrected chi connectivity index (χ0v) is 11.4. The monoisotopic (exact) mass is 322 g/mol. The van der Waals surface area contributed by atoms with Gasteiger partial charge < -0.3 is 9.84 Å². The van der Waals surface area contributed by atoms with E-state index in [2.05, 4.69) is 26.0 Å². The van der Waals surface area contributed by atoms with Gasteiger partial charge in [-0.2, -0.15) is 18.2 Å². The Kier molecular flexibility index (Phi) is 3.73. The number of hydrogen-bond donors (Lipinski definition) is 1. The summed E-state index contributed by atoms with van der Waals surface area (Å²) >= 11 is 0. The number of rotatable bonds is 3. The van der Waals surface area contributed by atoms with Crippen LogP contribution in [-0.4, -0.2) is 10.1 Å². The minimum Gasteiger partial charge on any atom is -0.355 e. The molecule has 1 N–H and O–H groups in total. The Bertz CT molecular complexity index is 812. The van der Waals surface area contributed by atoms with Crippen molar-refractivity contribution in [1.29, 1.82) is 0 Å². The van der Waals surface area contributed by atoms with Crippen molar-refractivity contribution >= 4 is 11.4 Å². The van der Waals surface area contributed by atoms with Crippen LogP contribution in [0.1, 0.15) is 5.89 Å². The third-order valence-electron chi connectivity index (χ3n) is 2.85. The van der Waals surface area contributed by atoms with E-state index in [9.17, 15) is 17.6 Å². The molecule has 4 nitrogen and oxygen atoms in total. The predicted molar refractivity (Wildman–Crippen MR) is 73.3 cm³/mol. The number of alkyl halides is 3. The second kappa shape index (κ2) is 5.71. The minimum absolute atomic E-state index is 0.187. The average molecular weight is 322 g/mol. The van der Waals surface area contributed by atoms with Gasteiger partial charge in [-0.25, -0.2) is 4.39 Å². The second-order valence-corrected chi connectivity index (χ2v) is 4.54. The first-order chi connectivity index (χ1) is 10.9. The third kappa shape index (κ3) is 3.47. The van der Waals surface area contributed by atoms with Crippen LogP contribution in [0.15, 0.2) is 47.0 Å². The highest BCUT2D eigenvalue weighted by molar-refractivity contribution is 5.66. The average Bonchev–Trinajstić information content (AvgIpc) is 3.00. The Morgan fingerprint density at radius 1 is 1.09 bits per heavy atom. The summed E-state index contributed by atoms with van der Waals surface area (Å²) in [6.45, 7) is 0. The van der Waals surface area contributed by atoms with Crippen LogP contribution < -0.4 is 5.32 Å². The highest BCUT2D eigenvalue weighted by atomic mass is 19.4. The number of hydrogen-bond acceptors (Lipinski definition) is 4. The fraction of sp³-hybridized carbons (Fsp3) is 0.0667. The molecule has 8 heteroatoms. The van der Waals surface area contributed by atoms with Crippen LogP contribution in [0, 0.1) is 11.9 Å². The lowest BCUT2D eigenvalue weighted by Crippen LogP contribution is -2.04. The molecule has 0 unspecified atom stereocenters. The van der Waals surface area contributed by atoms with Crippen molar-refractivity contribution in [2.75, 3.05) is 5.32 Å². The molecule has 2 aromatic carbocycles. The first-order valence-corrected chi connectivity index (χ1v) is 6.37. The molecule has 117 valence electrons. The summed E-state index contributed by atoms with van der Waals surface area (Å²) in [7, 11) is 0. The van der Waals surface area contributed by atoms with Crippen LogP contribution in [-0.2, 0) is 6.18 Å². The molecule has 0 aliphatic carbocycles. The summed E-state index contributed by atoms with van der Waals surface area (Å²) in [4.78, 5) is 3.32. The number of nitrogens with one attached hydrogen (secondary N) is 1. The van der Waals surface area contributed by atoms with Crippen LogP contribution in [0.3, 0.4) is 0 Å². The van der Waals surface area contributed by atoms with Gasteiger partial charge in [-0.3, -0.25) is 0 Å². The van der Waals surface area contributed by atoms with Gasteiger partial charge in [0.15, 0.2) is 0 Å². The lowest BCUT2D eigenvalue weighted by molar-refractivity contribution is -0.159. The molecule has 0 saturated carbocycles. The van der Waals surface area contributed by atoms with E-state index in [0.29, 0.717) is 16.9 Å². The van der Waals surface area contributed by atoms with Gasteiger partial charge in [0.2, 0.25) is 5.82 Å². The molecule has 1 aromatic heterocycles. The van der Waals surface area contributed by atoms with Gasteiger partial charge in [0.1, 0.15) is 5.82 Å². The highest BCUT2D eigenvalue weighted by Gasteiger charge is 2.38. The second-order valence-electron chi connectivity index (χ2n) is 4.54. The largest absolute Gasteiger partial charge is 0.471 e. The molecule has 0 aliphatic heterocycles. The highest BCUT2D eigenvalue weighted by Crippen LogP contribution is 2.30. The van der Waals surface area contributed by atoms with Gasteiger partial charge in [0.05, 0.1) is 0 Å². The van der Waals surface area contributed by atoms with E-state index >= 15 is 0 Å². The minimum atomic E-state index is -4.69. The van der Waals surface area contributed by atoms with Crippen LogP contribution in [0.25, 0.3) is 11.4 Å². The molecule has 1 radical (unpaired) electrons. The maximum atomic E-state index is 12.9. The zero-order chi connectivity index (χ0) is 16.4. The van der Waals surface area contributed by atoms with Crippen LogP contribution >= 0.6 is 0 Å². The van der Waals surface area contributed by atoms with Gasteiger partial charge in [-0.15, -0.1) is 0 Å². The lowest BCUT2D eigenvalue weighted by atomic mass is 10.2. The standard InChI is InChI=1S/C15H8F4N3O/c16-10-4-6-11(7-5-10)20-12-3-1-2-9(8-12)13-21-14(23-22-13)15(17,18)19/h1-2,4-8,20H. The topological polar surface area (TPSA) is 51.0 Å². The van der Waals surface area contributed by atoms with Gasteiger partial charge in [-0.1, -0.05) is 17.3 Å². The molecule has 3 rings (SSSR count). The number of anilines is 2. The lowest BCUT2D eigenvalue weighted by Gasteiger charge is -2.06. The number of benzene rings is 2. The summed E-state index contributed by atoms with van der Waals surface area (Å²) < 4.78 is 54.5. The fourth-order valence-corrected chi connectivity index (χ4v) is 1.82. The molecule has 0 spiro atoms. The summed E-state index contributed by atoms with van der Waals surface area (Å²) in [6.07, 6.45) is -4.69. The van der Waals surface area contributed by atoms with Crippen LogP contribution in [0.4, 0.5) is 28.9 Å². The SMILES string of the molecule is Fc1ccc(Nc2[c]ccc(-c3noc(C(F)(F)F)n3)c2)cc1. The first-order valence-electron chi connectivity index (χ1n) is 6.37. The quantitative estimate of drug-likeness (QED) is 0.724. The van der Waals surface area contributed by atoms with Crippen molar-refractivity contribution in [3.8, 4) is 11.4 Å². The normalized spacial score (nSPS) is 11.5. The fourth-order valence-electron chi connectivity index (χ4n) is 1.82. The Morgan fingerprint density at radius 2 is 1.83 bits per heavy atom. The van der Waals surface area contributed by atoms with E-state index in [1.807, 2.05) is 0 Å². The molecular weight excluding hydrogens is 314 g/mol. The maximum Gasteiger partial charge on any atom is 0.471 e. The molecule has 0 fully saturated rings. The molecule has 0 saturated heterocycles. The van der Waals surface area contributed by atoms with Gasteiger partial charge in [0, 0.05) is 23.0 Å². The van der Waals surface area contributed by atoms with Crippen molar-refractivity contribution in [2.24, 2.45) is 0 Å². The van der Waals surface area contributed by atoms with Crippen LogP contribution in [0.2, 0.25) is 0 Å². The molecule has 0 atom stereocenters. The van der Waals surface area contributed by atoms with E-state index in [4.69, 9.17) is 0 Å². The Labute approximate surface area is 127 Å². The molecule has 0 bridgehead atoms. The van der Waals surface area contributed by atoms with Crippen molar-refractivity contribution in [3.05, 3.63) is 60.2 Å². The molecular formula is C15H8F4N3O. The number of nitrogens with zero attached hydrogens (tertiary/aromatic N) is 2. The molecule has 0 aliphatic rings. The summed E-state index contributed by atoms with van der Waals surface area (Å²) in [5.74, 6) is -1.97. The van der Waals surface area contributed by atoms with Crippen molar-refractivity contribution < 1.29 is 22.1 Å². The third-order valence-corrected chi connectivity index (χ3v) is 2.85. The Morgan fingerprint density at radius 3 is 2.48 bits per heavy atom. The molecule has 0 amide bonds. The Hall–Kier alpha value is -2.90. The molecule has 1 heterocycles. The predicted octanol–water partition coefficient (Wildman–Crippen LogP) is 4.44. The van der Waals surface area contributed by atoms with Gasteiger partial charge in [-0.05, 0) is 30.3 Å². The maximum absolute atomic E-state index is 12.9. The smallest absolute Gasteiger partial charge is 0.355 e. The summed E-state index contributed by atoms with van der Waals surface area (Å²) in [5.41, 5.74) is 1.39. The van der Waals surface area contributed by atoms with E-state index in [1.54, 1.807) is 0 Å². The van der Waals surface area contributed by atoms with Crippen molar-refractivity contribution in [3.63, 3.8) is 0 Å². The van der Waals surface area contributed by atoms with Crippen molar-refractivity contribution in [1.82, 2.24) is 10.1 Å². The molecule has 3 aromatic rings. The number of aromatic nitrogens is 2. The number of halogens is 4. The van der Waals surface area contributed by atoms with Gasteiger partial charge >= 0.3 is 12.1 Å². The zero-order valence-electron chi connectivity index (χ0n) is 11.4. The van der Waals surface area contributed by atoms with E-state index in [-0.39, 0.29) is 11.6 Å². The van der Waals surface area contributed by atoms with E-state index < -0.39 is 12.1 Å².